The fourth-order valence-corrected chi connectivity index (χ4v) is 3.32. The van der Waals surface area contributed by atoms with Crippen molar-refractivity contribution in [3.05, 3.63) is 33.1 Å². The zero-order chi connectivity index (χ0) is 12.4. The lowest BCUT2D eigenvalue weighted by molar-refractivity contribution is 0.0729. The number of amides is 1. The highest BCUT2D eigenvalue weighted by Crippen LogP contribution is 2.21. The summed E-state index contributed by atoms with van der Waals surface area (Å²) in [6, 6.07) is 4.30. The molecule has 0 radical (unpaired) electrons. The van der Waals surface area contributed by atoms with Gasteiger partial charge in [-0.15, -0.1) is 0 Å². The zero-order valence-corrected chi connectivity index (χ0v) is 12.9. The minimum absolute atomic E-state index is 0.00134. The van der Waals surface area contributed by atoms with Gasteiger partial charge in [0.25, 0.3) is 5.91 Å². The van der Waals surface area contributed by atoms with E-state index in [4.69, 9.17) is 0 Å². The summed E-state index contributed by atoms with van der Waals surface area (Å²) in [6.07, 6.45) is 2.11. The first-order valence-electron chi connectivity index (χ1n) is 5.46. The van der Waals surface area contributed by atoms with Crippen LogP contribution in [0, 0.1) is 9.39 Å². The molecule has 0 spiro atoms. The van der Waals surface area contributed by atoms with E-state index in [0.717, 1.165) is 25.9 Å². The first kappa shape index (κ1) is 13.3. The Bertz CT molecular complexity index is 441. The summed E-state index contributed by atoms with van der Waals surface area (Å²) >= 11 is 5.55. The van der Waals surface area contributed by atoms with Gasteiger partial charge in [-0.1, -0.05) is 15.9 Å². The molecule has 1 unspecified atom stereocenters. The fourth-order valence-electron chi connectivity index (χ4n) is 1.94. The average molecular weight is 412 g/mol. The molecule has 2 nitrogen and oxygen atoms in total. The molecular formula is C12H12BrFINO. The number of alkyl halides is 1. The quantitative estimate of drug-likeness (QED) is 0.512. The molecule has 1 amide bonds. The van der Waals surface area contributed by atoms with E-state index >= 15 is 0 Å². The molecule has 1 fully saturated rings. The predicted molar refractivity (Wildman–Crippen MR) is 77.0 cm³/mol. The minimum Gasteiger partial charge on any atom is -0.337 e. The topological polar surface area (TPSA) is 20.3 Å². The molecule has 0 aromatic heterocycles. The van der Waals surface area contributed by atoms with E-state index < -0.39 is 0 Å². The van der Waals surface area contributed by atoms with Crippen LogP contribution in [0.1, 0.15) is 23.2 Å². The second-order valence-corrected chi connectivity index (χ2v) is 6.57. The van der Waals surface area contributed by atoms with Crippen molar-refractivity contribution in [2.45, 2.75) is 17.7 Å². The standard InChI is InChI=1S/C12H12BrFINO/c13-8-2-1-5-16(7-8)12(17)10-4-3-9(14)6-11(10)15/h3-4,6,8H,1-2,5,7H2. The van der Waals surface area contributed by atoms with E-state index in [1.807, 2.05) is 27.5 Å². The van der Waals surface area contributed by atoms with Crippen LogP contribution in [-0.4, -0.2) is 28.7 Å². The van der Waals surface area contributed by atoms with Crippen LogP contribution in [0.3, 0.4) is 0 Å². The zero-order valence-electron chi connectivity index (χ0n) is 9.13. The van der Waals surface area contributed by atoms with E-state index in [1.165, 1.54) is 12.1 Å². The van der Waals surface area contributed by atoms with E-state index in [0.29, 0.717) is 14.0 Å². The van der Waals surface area contributed by atoms with Gasteiger partial charge in [0, 0.05) is 21.5 Å². The van der Waals surface area contributed by atoms with Crippen molar-refractivity contribution in [1.29, 1.82) is 0 Å². The number of hydrogen-bond acceptors (Lipinski definition) is 1. The van der Waals surface area contributed by atoms with Gasteiger partial charge in [0.1, 0.15) is 5.82 Å². The van der Waals surface area contributed by atoms with Crippen LogP contribution < -0.4 is 0 Å². The first-order chi connectivity index (χ1) is 8.08. The molecule has 0 bridgehead atoms. The number of likely N-dealkylation sites (tertiary alicyclic amines) is 1. The monoisotopic (exact) mass is 411 g/mol. The summed E-state index contributed by atoms with van der Waals surface area (Å²) in [4.78, 5) is 14.5. The van der Waals surface area contributed by atoms with Gasteiger partial charge < -0.3 is 4.90 Å². The third-order valence-corrected chi connectivity index (χ3v) is 4.45. The van der Waals surface area contributed by atoms with Crippen molar-refractivity contribution >= 4 is 44.4 Å². The van der Waals surface area contributed by atoms with Crippen LogP contribution >= 0.6 is 38.5 Å². The van der Waals surface area contributed by atoms with Gasteiger partial charge in [-0.25, -0.2) is 4.39 Å². The maximum absolute atomic E-state index is 13.0. The molecule has 1 aromatic carbocycles. The van der Waals surface area contributed by atoms with Gasteiger partial charge in [-0.2, -0.15) is 0 Å². The van der Waals surface area contributed by atoms with Gasteiger partial charge in [0.05, 0.1) is 5.56 Å². The number of piperidine rings is 1. The number of halogens is 3. The SMILES string of the molecule is O=C(c1ccc(F)cc1I)N1CCCC(Br)C1. The second kappa shape index (κ2) is 5.65. The molecule has 1 atom stereocenters. The number of hydrogen-bond donors (Lipinski definition) is 0. The van der Waals surface area contributed by atoms with Gasteiger partial charge in [-0.3, -0.25) is 4.79 Å². The fraction of sp³-hybridized carbons (Fsp3) is 0.417. The molecule has 1 aliphatic rings. The minimum atomic E-state index is -0.303. The predicted octanol–water partition coefficient (Wildman–Crippen LogP) is 3.43. The Morgan fingerprint density at radius 2 is 2.29 bits per heavy atom. The molecule has 92 valence electrons. The number of carbonyl (C=O) groups excluding carboxylic acids is 1. The maximum Gasteiger partial charge on any atom is 0.254 e. The Kier molecular flexibility index (Phi) is 4.41. The number of rotatable bonds is 1. The van der Waals surface area contributed by atoms with Crippen LogP contribution in [0.15, 0.2) is 18.2 Å². The summed E-state index contributed by atoms with van der Waals surface area (Å²) in [6.45, 7) is 1.51. The van der Waals surface area contributed by atoms with Gasteiger partial charge in [0.15, 0.2) is 0 Å². The summed E-state index contributed by atoms with van der Waals surface area (Å²) in [5.41, 5.74) is 0.591. The van der Waals surface area contributed by atoms with Crippen molar-refractivity contribution in [2.75, 3.05) is 13.1 Å². The summed E-state index contributed by atoms with van der Waals surface area (Å²) in [5, 5.41) is 0. The van der Waals surface area contributed by atoms with Crippen molar-refractivity contribution in [1.82, 2.24) is 4.90 Å². The van der Waals surface area contributed by atoms with E-state index in [9.17, 15) is 9.18 Å². The number of benzene rings is 1. The molecule has 0 aliphatic carbocycles. The highest BCUT2D eigenvalue weighted by Gasteiger charge is 2.24. The lowest BCUT2D eigenvalue weighted by Gasteiger charge is -2.30. The summed E-state index contributed by atoms with van der Waals surface area (Å²) in [7, 11) is 0. The maximum atomic E-state index is 13.0. The highest BCUT2D eigenvalue weighted by atomic mass is 127. The van der Waals surface area contributed by atoms with Crippen molar-refractivity contribution in [3.8, 4) is 0 Å². The molecule has 0 saturated carbocycles. The van der Waals surface area contributed by atoms with Crippen molar-refractivity contribution in [2.24, 2.45) is 0 Å². The molecule has 1 saturated heterocycles. The molecule has 1 aliphatic heterocycles. The van der Waals surface area contributed by atoms with E-state index in [-0.39, 0.29) is 11.7 Å². The molecule has 2 rings (SSSR count). The Morgan fingerprint density at radius 1 is 1.53 bits per heavy atom. The molecule has 17 heavy (non-hydrogen) atoms. The Labute approximate surface area is 122 Å². The summed E-state index contributed by atoms with van der Waals surface area (Å²) in [5.74, 6) is -0.304. The molecule has 1 aromatic rings. The Hall–Kier alpha value is -0.170. The van der Waals surface area contributed by atoms with Crippen LogP contribution in [0.25, 0.3) is 0 Å². The second-order valence-electron chi connectivity index (χ2n) is 4.11. The van der Waals surface area contributed by atoms with E-state index in [1.54, 1.807) is 6.07 Å². The average Bonchev–Trinajstić information content (AvgIpc) is 2.28. The first-order valence-corrected chi connectivity index (χ1v) is 7.46. The van der Waals surface area contributed by atoms with E-state index in [2.05, 4.69) is 15.9 Å². The third-order valence-electron chi connectivity index (χ3n) is 2.81. The van der Waals surface area contributed by atoms with Gasteiger partial charge >= 0.3 is 0 Å². The number of nitrogens with zero attached hydrogens (tertiary/aromatic N) is 1. The lowest BCUT2D eigenvalue weighted by atomic mass is 10.1. The normalized spacial score (nSPS) is 20.4. The van der Waals surface area contributed by atoms with Gasteiger partial charge in [-0.05, 0) is 53.6 Å². The third kappa shape index (κ3) is 3.19. The molecule has 1 heterocycles. The van der Waals surface area contributed by atoms with Crippen LogP contribution in [0.4, 0.5) is 4.39 Å². The van der Waals surface area contributed by atoms with Crippen LogP contribution in [-0.2, 0) is 0 Å². The molecule has 5 heteroatoms. The largest absolute Gasteiger partial charge is 0.337 e. The van der Waals surface area contributed by atoms with Gasteiger partial charge in [0.2, 0.25) is 0 Å². The Balaban J connectivity index is 2.18. The Morgan fingerprint density at radius 3 is 2.94 bits per heavy atom. The molecule has 0 N–H and O–H groups in total. The number of carbonyl (C=O) groups is 1. The van der Waals surface area contributed by atoms with Crippen LogP contribution in [0.5, 0.6) is 0 Å². The lowest BCUT2D eigenvalue weighted by Crippen LogP contribution is -2.40. The van der Waals surface area contributed by atoms with Crippen LogP contribution in [0.2, 0.25) is 0 Å². The van der Waals surface area contributed by atoms with Crippen molar-refractivity contribution < 1.29 is 9.18 Å². The smallest absolute Gasteiger partial charge is 0.254 e. The highest BCUT2D eigenvalue weighted by molar-refractivity contribution is 14.1. The van der Waals surface area contributed by atoms with Crippen molar-refractivity contribution in [3.63, 3.8) is 0 Å². The summed E-state index contributed by atoms with van der Waals surface area (Å²) < 4.78 is 13.6. The molecular weight excluding hydrogens is 400 g/mol.